The lowest BCUT2D eigenvalue weighted by atomic mass is 10.0. The minimum atomic E-state index is -4.53. The largest absolute Gasteiger partial charge is 0.417 e. The van der Waals surface area contributed by atoms with Crippen molar-refractivity contribution in [1.82, 2.24) is 9.78 Å². The van der Waals surface area contributed by atoms with E-state index in [2.05, 4.69) is 10.4 Å². The molecular formula is C15H14ClF3N4S. The summed E-state index contributed by atoms with van der Waals surface area (Å²) in [5.74, 6) is 0.651. The molecule has 0 radical (unpaired) electrons. The molecule has 0 saturated heterocycles. The summed E-state index contributed by atoms with van der Waals surface area (Å²) in [6.45, 7) is 0.731. The fraction of sp³-hybridized carbons (Fsp3) is 0.333. The van der Waals surface area contributed by atoms with Gasteiger partial charge >= 0.3 is 6.18 Å². The van der Waals surface area contributed by atoms with Crippen molar-refractivity contribution in [3.8, 4) is 11.3 Å². The Hall–Kier alpha value is -1.80. The Morgan fingerprint density at radius 2 is 2.08 bits per heavy atom. The first-order valence-corrected chi connectivity index (χ1v) is 8.10. The molecule has 3 N–H and O–H groups in total. The van der Waals surface area contributed by atoms with Gasteiger partial charge in [-0.1, -0.05) is 17.7 Å². The van der Waals surface area contributed by atoms with Crippen LogP contribution in [0.1, 0.15) is 24.0 Å². The summed E-state index contributed by atoms with van der Waals surface area (Å²) in [7, 11) is 0. The molecule has 0 bridgehead atoms. The number of halogens is 4. The third-order valence-corrected chi connectivity index (χ3v) is 4.39. The zero-order valence-electron chi connectivity index (χ0n) is 12.5. The molecule has 0 aliphatic carbocycles. The average Bonchev–Trinajstić information content (AvgIpc) is 2.69. The van der Waals surface area contributed by atoms with Crippen LogP contribution < -0.4 is 11.1 Å². The van der Waals surface area contributed by atoms with Gasteiger partial charge in [-0.25, -0.2) is 0 Å². The molecule has 0 fully saturated rings. The van der Waals surface area contributed by atoms with Gasteiger partial charge in [0.15, 0.2) is 5.11 Å². The summed E-state index contributed by atoms with van der Waals surface area (Å²) in [5.41, 5.74) is 6.40. The van der Waals surface area contributed by atoms with Crippen molar-refractivity contribution >= 4 is 34.7 Å². The summed E-state index contributed by atoms with van der Waals surface area (Å²) < 4.78 is 40.7. The van der Waals surface area contributed by atoms with E-state index in [1.54, 1.807) is 0 Å². The summed E-state index contributed by atoms with van der Waals surface area (Å²) in [4.78, 5) is 0. The minimum Gasteiger partial charge on any atom is -0.374 e. The first-order chi connectivity index (χ1) is 11.3. The van der Waals surface area contributed by atoms with E-state index in [9.17, 15) is 13.2 Å². The van der Waals surface area contributed by atoms with Crippen molar-refractivity contribution in [1.29, 1.82) is 0 Å². The Morgan fingerprint density at radius 1 is 1.33 bits per heavy atom. The highest BCUT2D eigenvalue weighted by Crippen LogP contribution is 2.39. The number of anilines is 1. The van der Waals surface area contributed by atoms with E-state index in [-0.39, 0.29) is 10.1 Å². The molecule has 1 aromatic carbocycles. The quantitative estimate of drug-likeness (QED) is 0.739. The maximum Gasteiger partial charge on any atom is 0.417 e. The van der Waals surface area contributed by atoms with Crippen LogP contribution in [-0.4, -0.2) is 21.4 Å². The predicted octanol–water partition coefficient (Wildman–Crippen LogP) is 4.06. The maximum absolute atomic E-state index is 13.1. The molecule has 9 heteroatoms. The van der Waals surface area contributed by atoms with Crippen LogP contribution in [0.2, 0.25) is 5.02 Å². The zero-order valence-corrected chi connectivity index (χ0v) is 14.0. The Balaban J connectivity index is 2.18. The number of hydrogen-bond acceptors (Lipinski definition) is 3. The lowest BCUT2D eigenvalue weighted by Gasteiger charge is -2.10. The van der Waals surface area contributed by atoms with Gasteiger partial charge < -0.3 is 11.1 Å². The van der Waals surface area contributed by atoms with E-state index in [4.69, 9.17) is 29.6 Å². The monoisotopic (exact) mass is 374 g/mol. The van der Waals surface area contributed by atoms with Crippen LogP contribution in [0.25, 0.3) is 11.3 Å². The number of hydrogen-bond donors (Lipinski definition) is 2. The van der Waals surface area contributed by atoms with Crippen molar-refractivity contribution in [2.24, 2.45) is 5.73 Å². The van der Waals surface area contributed by atoms with Crippen molar-refractivity contribution in [2.75, 3.05) is 11.9 Å². The second-order valence-corrected chi connectivity index (χ2v) is 6.33. The third kappa shape index (κ3) is 3.08. The number of aromatic nitrogens is 2. The Kier molecular flexibility index (Phi) is 4.44. The molecule has 1 aliphatic rings. The van der Waals surface area contributed by atoms with Crippen LogP contribution in [-0.2, 0) is 12.6 Å². The molecule has 2 aromatic rings. The summed E-state index contributed by atoms with van der Waals surface area (Å²) in [6.07, 6.45) is -2.01. The zero-order chi connectivity index (χ0) is 17.5. The van der Waals surface area contributed by atoms with E-state index in [1.807, 2.05) is 0 Å². The lowest BCUT2D eigenvalue weighted by Crippen LogP contribution is -2.22. The topological polar surface area (TPSA) is 55.9 Å². The van der Waals surface area contributed by atoms with Gasteiger partial charge in [0.05, 0.1) is 16.3 Å². The van der Waals surface area contributed by atoms with E-state index in [0.717, 1.165) is 31.0 Å². The first-order valence-electron chi connectivity index (χ1n) is 7.31. The molecule has 0 amide bonds. The fourth-order valence-corrected chi connectivity index (χ4v) is 3.14. The summed E-state index contributed by atoms with van der Waals surface area (Å²) in [6, 6.07) is 3.77. The van der Waals surface area contributed by atoms with Gasteiger partial charge in [-0.15, -0.1) is 0 Å². The van der Waals surface area contributed by atoms with Crippen molar-refractivity contribution in [3.05, 3.63) is 34.3 Å². The molecule has 1 aromatic heterocycles. The van der Waals surface area contributed by atoms with E-state index >= 15 is 0 Å². The number of thiocarbonyl (C=S) groups is 1. The third-order valence-electron chi connectivity index (χ3n) is 3.88. The smallest absolute Gasteiger partial charge is 0.374 e. The highest BCUT2D eigenvalue weighted by molar-refractivity contribution is 7.80. The van der Waals surface area contributed by atoms with E-state index < -0.39 is 11.7 Å². The van der Waals surface area contributed by atoms with E-state index in [0.29, 0.717) is 23.5 Å². The highest BCUT2D eigenvalue weighted by atomic mass is 35.5. The van der Waals surface area contributed by atoms with Gasteiger partial charge in [0, 0.05) is 17.7 Å². The average molecular weight is 375 g/mol. The summed E-state index contributed by atoms with van der Waals surface area (Å²) in [5, 5.41) is 7.24. The minimum absolute atomic E-state index is 0.0388. The molecule has 2 heterocycles. The van der Waals surface area contributed by atoms with Crippen LogP contribution in [0.15, 0.2) is 18.2 Å². The molecular weight excluding hydrogens is 361 g/mol. The molecule has 24 heavy (non-hydrogen) atoms. The number of nitrogens with one attached hydrogen (secondary N) is 1. The Labute approximate surface area is 146 Å². The van der Waals surface area contributed by atoms with Gasteiger partial charge in [-0.2, -0.15) is 23.0 Å². The second kappa shape index (κ2) is 6.25. The van der Waals surface area contributed by atoms with Crippen molar-refractivity contribution < 1.29 is 13.2 Å². The maximum atomic E-state index is 13.1. The van der Waals surface area contributed by atoms with Crippen LogP contribution in [0.5, 0.6) is 0 Å². The van der Waals surface area contributed by atoms with Crippen molar-refractivity contribution in [3.63, 3.8) is 0 Å². The van der Waals surface area contributed by atoms with Gasteiger partial charge in [0.2, 0.25) is 0 Å². The van der Waals surface area contributed by atoms with Crippen LogP contribution >= 0.6 is 23.8 Å². The van der Waals surface area contributed by atoms with Gasteiger partial charge in [0.25, 0.3) is 0 Å². The number of nitrogens with zero attached hydrogens (tertiary/aromatic N) is 2. The lowest BCUT2D eigenvalue weighted by molar-refractivity contribution is -0.137. The van der Waals surface area contributed by atoms with Gasteiger partial charge in [0.1, 0.15) is 5.82 Å². The molecule has 4 nitrogen and oxygen atoms in total. The number of alkyl halides is 3. The summed E-state index contributed by atoms with van der Waals surface area (Å²) >= 11 is 10.7. The molecule has 3 rings (SSSR count). The van der Waals surface area contributed by atoms with Crippen LogP contribution in [0.3, 0.4) is 0 Å². The number of nitrogens with two attached hydrogens (primary N) is 1. The molecule has 0 spiro atoms. The predicted molar refractivity (Wildman–Crippen MR) is 91.3 cm³/mol. The van der Waals surface area contributed by atoms with E-state index in [1.165, 1.54) is 16.8 Å². The standard InChI is InChI=1S/C15H14ClF3N4S/c16-11-5-4-8(7-10(11)15(17,18)19)12-9-3-1-2-6-21-13(9)23(22-12)14(20)24/h4-5,7,21H,1-3,6H2,(H2,20,24). The molecule has 1 aliphatic heterocycles. The van der Waals surface area contributed by atoms with Gasteiger partial charge in [-0.3, -0.25) is 0 Å². The number of benzene rings is 1. The SMILES string of the molecule is NC(=S)n1nc(-c2ccc(Cl)c(C(F)(F)F)c2)c2c1NCCCC2. The first kappa shape index (κ1) is 17.0. The van der Waals surface area contributed by atoms with Crippen molar-refractivity contribution in [2.45, 2.75) is 25.4 Å². The Bertz CT molecular complexity index is 801. The molecule has 128 valence electrons. The fourth-order valence-electron chi connectivity index (χ4n) is 2.78. The molecule has 0 atom stereocenters. The molecule has 0 saturated carbocycles. The van der Waals surface area contributed by atoms with Gasteiger partial charge in [-0.05, 0) is 43.6 Å². The second-order valence-electron chi connectivity index (χ2n) is 5.50. The van der Waals surface area contributed by atoms with Crippen LogP contribution in [0.4, 0.5) is 19.0 Å². The normalized spacial score (nSPS) is 14.7. The van der Waals surface area contributed by atoms with Crippen LogP contribution in [0, 0.1) is 0 Å². The number of rotatable bonds is 1. The number of fused-ring (bicyclic) bond motifs is 1. The Morgan fingerprint density at radius 3 is 2.75 bits per heavy atom. The molecule has 0 unspecified atom stereocenters. The highest BCUT2D eigenvalue weighted by Gasteiger charge is 2.34.